The summed E-state index contributed by atoms with van der Waals surface area (Å²) in [6.07, 6.45) is 2.35. The zero-order valence-electron chi connectivity index (χ0n) is 18.0. The Morgan fingerprint density at radius 3 is 2.75 bits per heavy atom. The van der Waals surface area contributed by atoms with E-state index in [9.17, 15) is 9.59 Å². The first-order valence-electron chi connectivity index (χ1n) is 10.2. The van der Waals surface area contributed by atoms with E-state index in [1.165, 1.54) is 4.68 Å². The molecule has 9 heteroatoms. The van der Waals surface area contributed by atoms with Crippen LogP contribution in [0.4, 0.5) is 0 Å². The lowest BCUT2D eigenvalue weighted by Crippen LogP contribution is -2.23. The Labute approximate surface area is 199 Å². The summed E-state index contributed by atoms with van der Waals surface area (Å²) in [7, 11) is 0. The molecule has 0 fully saturated rings. The van der Waals surface area contributed by atoms with Crippen molar-refractivity contribution in [2.45, 2.75) is 33.1 Å². The van der Waals surface area contributed by atoms with Crippen LogP contribution in [0.2, 0.25) is 5.02 Å². The van der Waals surface area contributed by atoms with Gasteiger partial charge in [-0.25, -0.2) is 9.78 Å². The lowest BCUT2D eigenvalue weighted by atomic mass is 10.1. The van der Waals surface area contributed by atoms with Crippen LogP contribution in [0, 0.1) is 0 Å². The Balaban J connectivity index is 1.93. The van der Waals surface area contributed by atoms with Gasteiger partial charge < -0.3 is 9.47 Å². The molecule has 32 heavy (non-hydrogen) atoms. The Morgan fingerprint density at radius 1 is 1.28 bits per heavy atom. The third-order valence-corrected chi connectivity index (χ3v) is 5.60. The summed E-state index contributed by atoms with van der Waals surface area (Å²) in [6, 6.07) is 10.4. The fraction of sp³-hybridized carbons (Fsp3) is 0.304. The standard InChI is InChI=1S/C23H23BrClN3O4/c1-4-14(3)22-27-19-8-7-16(24)11-17(19)23(30)28(22)26-12-15-6-9-20(18(25)10-15)32-13-21(29)31-5-2/h6-12,14H,4-5,13H2,1-3H3/t14-/m0/s1. The number of benzene rings is 2. The number of hydrogen-bond donors (Lipinski definition) is 0. The van der Waals surface area contributed by atoms with Gasteiger partial charge in [0, 0.05) is 10.4 Å². The minimum Gasteiger partial charge on any atom is -0.480 e. The van der Waals surface area contributed by atoms with Gasteiger partial charge in [-0.1, -0.05) is 41.4 Å². The van der Waals surface area contributed by atoms with E-state index < -0.39 is 5.97 Å². The molecule has 0 unspecified atom stereocenters. The molecule has 0 aliphatic rings. The van der Waals surface area contributed by atoms with Crippen LogP contribution in [-0.2, 0) is 9.53 Å². The summed E-state index contributed by atoms with van der Waals surface area (Å²) >= 11 is 9.68. The normalized spacial score (nSPS) is 12.3. The number of carbonyl (C=O) groups is 1. The highest BCUT2D eigenvalue weighted by Gasteiger charge is 2.15. The van der Waals surface area contributed by atoms with Crippen LogP contribution in [0.3, 0.4) is 0 Å². The van der Waals surface area contributed by atoms with Crippen molar-refractivity contribution < 1.29 is 14.3 Å². The van der Waals surface area contributed by atoms with Gasteiger partial charge in [-0.05, 0) is 55.3 Å². The van der Waals surface area contributed by atoms with Gasteiger partial charge in [0.05, 0.1) is 28.7 Å². The number of nitrogens with zero attached hydrogens (tertiary/aromatic N) is 3. The topological polar surface area (TPSA) is 82.8 Å². The van der Waals surface area contributed by atoms with Gasteiger partial charge in [-0.2, -0.15) is 9.78 Å². The molecule has 0 saturated carbocycles. The molecule has 0 saturated heterocycles. The predicted octanol–water partition coefficient (Wildman–Crippen LogP) is 5.15. The van der Waals surface area contributed by atoms with E-state index in [0.717, 1.165) is 10.9 Å². The first-order valence-corrected chi connectivity index (χ1v) is 11.4. The summed E-state index contributed by atoms with van der Waals surface area (Å²) in [5.41, 5.74) is 1.05. The molecule has 1 aromatic heterocycles. The van der Waals surface area contributed by atoms with Crippen LogP contribution in [0.15, 0.2) is 50.8 Å². The monoisotopic (exact) mass is 519 g/mol. The molecule has 3 rings (SSSR count). The number of hydrogen-bond acceptors (Lipinski definition) is 6. The van der Waals surface area contributed by atoms with Crippen LogP contribution >= 0.6 is 27.5 Å². The molecule has 0 aliphatic heterocycles. The maximum absolute atomic E-state index is 13.2. The Bertz CT molecular complexity index is 1230. The summed E-state index contributed by atoms with van der Waals surface area (Å²) in [6.45, 7) is 5.81. The maximum atomic E-state index is 13.2. The Morgan fingerprint density at radius 2 is 2.06 bits per heavy atom. The highest BCUT2D eigenvalue weighted by molar-refractivity contribution is 9.10. The summed E-state index contributed by atoms with van der Waals surface area (Å²) in [5, 5.41) is 5.21. The predicted molar refractivity (Wildman–Crippen MR) is 129 cm³/mol. The number of aromatic nitrogens is 2. The van der Waals surface area contributed by atoms with Gasteiger partial charge in [0.2, 0.25) is 0 Å². The number of esters is 1. The molecular weight excluding hydrogens is 498 g/mol. The van der Waals surface area contributed by atoms with Crippen molar-refractivity contribution in [1.29, 1.82) is 0 Å². The van der Waals surface area contributed by atoms with Crippen LogP contribution in [0.5, 0.6) is 5.75 Å². The zero-order chi connectivity index (χ0) is 23.3. The second-order valence-corrected chi connectivity index (χ2v) is 8.41. The minimum atomic E-state index is -0.471. The van der Waals surface area contributed by atoms with Gasteiger partial charge in [0.15, 0.2) is 6.61 Å². The second-order valence-electron chi connectivity index (χ2n) is 7.09. The Kier molecular flexibility index (Phi) is 8.04. The van der Waals surface area contributed by atoms with E-state index in [1.807, 2.05) is 26.0 Å². The van der Waals surface area contributed by atoms with Gasteiger partial charge in [0.1, 0.15) is 11.6 Å². The lowest BCUT2D eigenvalue weighted by Gasteiger charge is -2.14. The van der Waals surface area contributed by atoms with Crippen molar-refractivity contribution >= 4 is 50.6 Å². The van der Waals surface area contributed by atoms with E-state index in [4.69, 9.17) is 21.1 Å². The molecule has 0 bridgehead atoms. The highest BCUT2D eigenvalue weighted by Crippen LogP contribution is 2.25. The molecule has 0 N–H and O–H groups in total. The third-order valence-electron chi connectivity index (χ3n) is 4.82. The molecule has 0 amide bonds. The van der Waals surface area contributed by atoms with Gasteiger partial charge in [-0.15, -0.1) is 0 Å². The number of ether oxygens (including phenoxy) is 2. The molecule has 2 aromatic carbocycles. The molecule has 0 spiro atoms. The van der Waals surface area contributed by atoms with Crippen LogP contribution in [0.1, 0.15) is 44.5 Å². The van der Waals surface area contributed by atoms with Crippen LogP contribution in [-0.4, -0.2) is 35.1 Å². The van der Waals surface area contributed by atoms with Crippen molar-refractivity contribution in [2.24, 2.45) is 5.10 Å². The summed E-state index contributed by atoms with van der Waals surface area (Å²) in [4.78, 5) is 29.3. The van der Waals surface area contributed by atoms with Gasteiger partial charge in [-0.3, -0.25) is 4.79 Å². The summed E-state index contributed by atoms with van der Waals surface area (Å²) in [5.74, 6) is 0.507. The molecular formula is C23H23BrClN3O4. The van der Waals surface area contributed by atoms with Gasteiger partial charge in [0.25, 0.3) is 5.56 Å². The Hall–Kier alpha value is -2.71. The second kappa shape index (κ2) is 10.7. The number of carbonyl (C=O) groups excluding carboxylic acids is 1. The van der Waals surface area contributed by atoms with Crippen LogP contribution < -0.4 is 10.3 Å². The first-order chi connectivity index (χ1) is 15.3. The van der Waals surface area contributed by atoms with E-state index in [2.05, 4.69) is 26.0 Å². The molecule has 1 atom stereocenters. The molecule has 3 aromatic rings. The zero-order valence-corrected chi connectivity index (χ0v) is 20.3. The van der Waals surface area contributed by atoms with E-state index in [0.29, 0.717) is 33.1 Å². The average Bonchev–Trinajstić information content (AvgIpc) is 2.77. The van der Waals surface area contributed by atoms with E-state index in [-0.39, 0.29) is 24.7 Å². The third kappa shape index (κ3) is 5.55. The quantitative estimate of drug-likeness (QED) is 0.303. The van der Waals surface area contributed by atoms with Crippen molar-refractivity contribution in [3.05, 3.63) is 67.6 Å². The number of halogens is 2. The fourth-order valence-corrected chi connectivity index (χ4v) is 3.56. The van der Waals surface area contributed by atoms with Gasteiger partial charge >= 0.3 is 5.97 Å². The van der Waals surface area contributed by atoms with E-state index >= 15 is 0 Å². The molecule has 168 valence electrons. The molecule has 0 aliphatic carbocycles. The van der Waals surface area contributed by atoms with E-state index in [1.54, 1.807) is 37.4 Å². The fourth-order valence-electron chi connectivity index (χ4n) is 2.96. The smallest absolute Gasteiger partial charge is 0.344 e. The minimum absolute atomic E-state index is 0.0372. The molecule has 7 nitrogen and oxygen atoms in total. The van der Waals surface area contributed by atoms with Crippen LogP contribution in [0.25, 0.3) is 10.9 Å². The summed E-state index contributed by atoms with van der Waals surface area (Å²) < 4.78 is 12.4. The molecule has 0 radical (unpaired) electrons. The average molecular weight is 521 g/mol. The number of rotatable bonds is 8. The van der Waals surface area contributed by atoms with Crippen molar-refractivity contribution in [1.82, 2.24) is 9.66 Å². The maximum Gasteiger partial charge on any atom is 0.344 e. The molecule has 1 heterocycles. The SMILES string of the molecule is CCOC(=O)COc1ccc(C=Nn2c([C@@H](C)CC)nc3ccc(Br)cc3c2=O)cc1Cl. The van der Waals surface area contributed by atoms with Crippen molar-refractivity contribution in [2.75, 3.05) is 13.2 Å². The highest BCUT2D eigenvalue weighted by atomic mass is 79.9. The van der Waals surface area contributed by atoms with Crippen molar-refractivity contribution in [3.63, 3.8) is 0 Å². The van der Waals surface area contributed by atoms with Crippen molar-refractivity contribution in [3.8, 4) is 5.75 Å². The number of fused-ring (bicyclic) bond motifs is 1. The first kappa shape index (κ1) is 23.9. The lowest BCUT2D eigenvalue weighted by molar-refractivity contribution is -0.145. The largest absolute Gasteiger partial charge is 0.480 e.